The molecule has 0 bridgehead atoms. The Hall–Kier alpha value is -3.02. The van der Waals surface area contributed by atoms with Crippen LogP contribution in [-0.2, 0) is 0 Å². The van der Waals surface area contributed by atoms with Crippen LogP contribution in [0.3, 0.4) is 0 Å². The largest absolute Gasteiger partial charge is 0.444 e. The minimum atomic E-state index is -0.643. The molecule has 1 atom stereocenters. The lowest BCUT2D eigenvalue weighted by Gasteiger charge is -2.14. The van der Waals surface area contributed by atoms with Crippen molar-refractivity contribution < 1.29 is 18.0 Å². The molecule has 1 aliphatic carbocycles. The molecule has 144 valence electrons. The number of amides is 1. The van der Waals surface area contributed by atoms with Gasteiger partial charge in [-0.2, -0.15) is 0 Å². The molecule has 1 aromatic heterocycles. The van der Waals surface area contributed by atoms with Crippen LogP contribution in [0.1, 0.15) is 58.9 Å². The maximum Gasteiger partial charge on any atom is 0.273 e. The monoisotopic (exact) mass is 382 g/mol. The van der Waals surface area contributed by atoms with Crippen LogP contribution in [0.2, 0.25) is 0 Å². The molecular formula is C22H20F2N2O2. The highest BCUT2D eigenvalue weighted by Crippen LogP contribution is 2.41. The van der Waals surface area contributed by atoms with Gasteiger partial charge in [-0.1, -0.05) is 12.1 Å². The molecule has 0 spiro atoms. The van der Waals surface area contributed by atoms with Crippen LogP contribution < -0.4 is 5.32 Å². The third-order valence-corrected chi connectivity index (χ3v) is 5.07. The number of aromatic nitrogens is 1. The molecule has 1 N–H and O–H groups in total. The van der Waals surface area contributed by atoms with Gasteiger partial charge in [0.25, 0.3) is 5.91 Å². The van der Waals surface area contributed by atoms with Crippen molar-refractivity contribution >= 4 is 5.91 Å². The SMILES string of the molecule is Cc1c(F)cc(C(C)NC(=O)c2coc(-c3cccc(C4CC4)c3)n2)cc1F. The third kappa shape index (κ3) is 3.67. The Labute approximate surface area is 161 Å². The second-order valence-electron chi connectivity index (χ2n) is 7.24. The van der Waals surface area contributed by atoms with E-state index in [0.29, 0.717) is 17.4 Å². The highest BCUT2D eigenvalue weighted by molar-refractivity contribution is 5.92. The molecule has 4 rings (SSSR count). The Balaban J connectivity index is 1.49. The first-order valence-corrected chi connectivity index (χ1v) is 9.24. The van der Waals surface area contributed by atoms with Gasteiger partial charge in [-0.3, -0.25) is 4.79 Å². The molecule has 1 unspecified atom stereocenters. The van der Waals surface area contributed by atoms with Gasteiger partial charge in [-0.15, -0.1) is 0 Å². The number of halogens is 2. The summed E-state index contributed by atoms with van der Waals surface area (Å²) in [6, 6.07) is 9.82. The Kier molecular flexibility index (Phi) is 4.71. The predicted octanol–water partition coefficient (Wildman–Crippen LogP) is 5.30. The van der Waals surface area contributed by atoms with Crippen molar-refractivity contribution in [3.8, 4) is 11.5 Å². The van der Waals surface area contributed by atoms with Crippen LogP contribution in [0.5, 0.6) is 0 Å². The second kappa shape index (κ2) is 7.19. The van der Waals surface area contributed by atoms with Gasteiger partial charge in [0.15, 0.2) is 5.69 Å². The van der Waals surface area contributed by atoms with Gasteiger partial charge < -0.3 is 9.73 Å². The first-order chi connectivity index (χ1) is 13.4. The molecule has 1 saturated carbocycles. The van der Waals surface area contributed by atoms with Crippen molar-refractivity contribution in [1.82, 2.24) is 10.3 Å². The summed E-state index contributed by atoms with van der Waals surface area (Å²) < 4.78 is 33.0. The van der Waals surface area contributed by atoms with Gasteiger partial charge in [0, 0.05) is 11.1 Å². The molecule has 1 fully saturated rings. The van der Waals surface area contributed by atoms with E-state index in [4.69, 9.17) is 4.42 Å². The molecule has 1 heterocycles. The fraction of sp³-hybridized carbons (Fsp3) is 0.273. The van der Waals surface area contributed by atoms with Gasteiger partial charge in [0.2, 0.25) is 5.89 Å². The van der Waals surface area contributed by atoms with Crippen molar-refractivity contribution in [3.63, 3.8) is 0 Å². The van der Waals surface area contributed by atoms with E-state index in [2.05, 4.69) is 16.4 Å². The molecule has 28 heavy (non-hydrogen) atoms. The first-order valence-electron chi connectivity index (χ1n) is 9.24. The van der Waals surface area contributed by atoms with Gasteiger partial charge in [0.1, 0.15) is 17.9 Å². The second-order valence-corrected chi connectivity index (χ2v) is 7.24. The lowest BCUT2D eigenvalue weighted by molar-refractivity contribution is 0.0934. The number of nitrogens with zero attached hydrogens (tertiary/aromatic N) is 1. The van der Waals surface area contributed by atoms with Gasteiger partial charge in [-0.25, -0.2) is 13.8 Å². The van der Waals surface area contributed by atoms with Crippen LogP contribution in [-0.4, -0.2) is 10.9 Å². The Morgan fingerprint density at radius 1 is 1.21 bits per heavy atom. The Morgan fingerprint density at radius 3 is 2.61 bits per heavy atom. The number of rotatable bonds is 5. The van der Waals surface area contributed by atoms with Crippen LogP contribution in [0, 0.1) is 18.6 Å². The highest BCUT2D eigenvalue weighted by atomic mass is 19.1. The molecule has 2 aromatic carbocycles. The van der Waals surface area contributed by atoms with E-state index in [1.807, 2.05) is 18.2 Å². The molecule has 6 heteroatoms. The van der Waals surface area contributed by atoms with E-state index >= 15 is 0 Å². The standard InChI is InChI=1S/C22H20F2N2O2/c1-12-18(23)9-17(10-19(12)24)13(2)25-21(27)20-11-28-22(26-20)16-5-3-4-15(8-16)14-6-7-14/h3-5,8-11,13-14H,6-7H2,1-2H3,(H,25,27). The number of benzene rings is 2. The summed E-state index contributed by atoms with van der Waals surface area (Å²) in [7, 11) is 0. The predicted molar refractivity (Wildman–Crippen MR) is 101 cm³/mol. The van der Waals surface area contributed by atoms with Crippen molar-refractivity contribution in [2.75, 3.05) is 0 Å². The fourth-order valence-corrected chi connectivity index (χ4v) is 3.12. The number of nitrogens with one attached hydrogen (secondary N) is 1. The fourth-order valence-electron chi connectivity index (χ4n) is 3.12. The molecule has 4 nitrogen and oxygen atoms in total. The van der Waals surface area contributed by atoms with Gasteiger partial charge in [-0.05, 0) is 68.0 Å². The van der Waals surface area contributed by atoms with Crippen LogP contribution in [0.15, 0.2) is 47.1 Å². The molecule has 3 aromatic rings. The average molecular weight is 382 g/mol. The van der Waals surface area contributed by atoms with E-state index < -0.39 is 23.6 Å². The van der Waals surface area contributed by atoms with E-state index in [1.54, 1.807) is 6.92 Å². The summed E-state index contributed by atoms with van der Waals surface area (Å²) in [5, 5.41) is 2.70. The summed E-state index contributed by atoms with van der Waals surface area (Å²) >= 11 is 0. The molecular weight excluding hydrogens is 362 g/mol. The van der Waals surface area contributed by atoms with E-state index in [0.717, 1.165) is 5.56 Å². The topological polar surface area (TPSA) is 55.1 Å². The van der Waals surface area contributed by atoms with Crippen molar-refractivity contribution in [1.29, 1.82) is 0 Å². The van der Waals surface area contributed by atoms with Gasteiger partial charge >= 0.3 is 0 Å². The molecule has 1 aliphatic rings. The Morgan fingerprint density at radius 2 is 1.93 bits per heavy atom. The average Bonchev–Trinajstić information content (AvgIpc) is 3.42. The molecule has 0 saturated heterocycles. The molecule has 0 radical (unpaired) electrons. The highest BCUT2D eigenvalue weighted by Gasteiger charge is 2.24. The number of carbonyl (C=O) groups excluding carboxylic acids is 1. The zero-order valence-corrected chi connectivity index (χ0v) is 15.6. The lowest BCUT2D eigenvalue weighted by Crippen LogP contribution is -2.27. The summed E-state index contributed by atoms with van der Waals surface area (Å²) in [5.41, 5.74) is 2.48. The summed E-state index contributed by atoms with van der Waals surface area (Å²) in [6.07, 6.45) is 3.68. The number of oxazole rings is 1. The Bertz CT molecular complexity index is 1020. The van der Waals surface area contributed by atoms with Crippen LogP contribution in [0.25, 0.3) is 11.5 Å². The normalized spacial score (nSPS) is 14.7. The van der Waals surface area contributed by atoms with Crippen LogP contribution >= 0.6 is 0 Å². The number of carbonyl (C=O) groups is 1. The summed E-state index contributed by atoms with van der Waals surface area (Å²) in [6.45, 7) is 3.02. The van der Waals surface area contributed by atoms with Crippen molar-refractivity contribution in [2.24, 2.45) is 0 Å². The zero-order chi connectivity index (χ0) is 19.8. The zero-order valence-electron chi connectivity index (χ0n) is 15.6. The van der Waals surface area contributed by atoms with E-state index in [-0.39, 0.29) is 11.3 Å². The smallest absolute Gasteiger partial charge is 0.273 e. The minimum absolute atomic E-state index is 0.0446. The van der Waals surface area contributed by atoms with E-state index in [1.165, 1.54) is 43.7 Å². The maximum absolute atomic E-state index is 13.8. The maximum atomic E-state index is 13.8. The van der Waals surface area contributed by atoms with E-state index in [9.17, 15) is 13.6 Å². The molecule has 1 amide bonds. The van der Waals surface area contributed by atoms with Gasteiger partial charge in [0.05, 0.1) is 6.04 Å². The lowest BCUT2D eigenvalue weighted by atomic mass is 10.1. The summed E-state index contributed by atoms with van der Waals surface area (Å²) in [5.74, 6) is -0.783. The number of hydrogen-bond donors (Lipinski definition) is 1. The minimum Gasteiger partial charge on any atom is -0.444 e. The first kappa shape index (κ1) is 18.3. The molecule has 0 aliphatic heterocycles. The summed E-state index contributed by atoms with van der Waals surface area (Å²) in [4.78, 5) is 16.7. The van der Waals surface area contributed by atoms with Crippen molar-refractivity contribution in [3.05, 3.63) is 76.7 Å². The van der Waals surface area contributed by atoms with Crippen LogP contribution in [0.4, 0.5) is 8.78 Å². The van der Waals surface area contributed by atoms with Crippen molar-refractivity contribution in [2.45, 2.75) is 38.6 Å². The number of hydrogen-bond acceptors (Lipinski definition) is 3. The quantitative estimate of drug-likeness (QED) is 0.652. The third-order valence-electron chi connectivity index (χ3n) is 5.07.